The number of aryl methyl sites for hydroxylation is 1. The van der Waals surface area contributed by atoms with Crippen molar-refractivity contribution >= 4 is 12.0 Å². The summed E-state index contributed by atoms with van der Waals surface area (Å²) in [5.41, 5.74) is 4.90. The Morgan fingerprint density at radius 1 is 1.44 bits per heavy atom. The number of nitrogens with two attached hydrogens (primary N) is 1. The number of nitrogens with zero attached hydrogens (tertiary/aromatic N) is 1. The maximum absolute atomic E-state index is 11.4. The lowest BCUT2D eigenvalue weighted by molar-refractivity contribution is 0.0519. The minimum atomic E-state index is -0.691. The molecule has 1 rings (SSSR count). The molecule has 7 heteroatoms. The van der Waals surface area contributed by atoms with Gasteiger partial charge in [0.1, 0.15) is 5.60 Å². The second kappa shape index (κ2) is 5.07. The maximum Gasteiger partial charge on any atom is 0.408 e. The predicted octanol–water partition coefficient (Wildman–Crippen LogP) is 1.11. The number of carbonyl (C=O) groups is 2. The summed E-state index contributed by atoms with van der Waals surface area (Å²) in [4.78, 5) is 26.3. The van der Waals surface area contributed by atoms with Crippen molar-refractivity contribution in [2.45, 2.75) is 39.8 Å². The van der Waals surface area contributed by atoms with Gasteiger partial charge in [0.25, 0.3) is 5.91 Å². The summed E-state index contributed by atoms with van der Waals surface area (Å²) < 4.78 is 10.1. The van der Waals surface area contributed by atoms with Gasteiger partial charge in [-0.2, -0.15) is 0 Å². The average molecular weight is 255 g/mol. The molecule has 0 spiro atoms. The van der Waals surface area contributed by atoms with E-state index in [4.69, 9.17) is 14.9 Å². The summed E-state index contributed by atoms with van der Waals surface area (Å²) in [6.07, 6.45) is -0.584. The molecule has 18 heavy (non-hydrogen) atoms. The molecule has 1 heterocycles. The molecule has 0 atom stereocenters. The fourth-order valence-corrected chi connectivity index (χ4v) is 1.22. The molecule has 0 bridgehead atoms. The monoisotopic (exact) mass is 255 g/mol. The SMILES string of the molecule is Cc1nc(CNC(=O)OC(C)(C)C)oc1C(N)=O. The molecule has 1 aromatic rings. The van der Waals surface area contributed by atoms with Crippen LogP contribution in [0.4, 0.5) is 4.79 Å². The van der Waals surface area contributed by atoms with Crippen LogP contribution in [-0.2, 0) is 11.3 Å². The number of nitrogens with one attached hydrogen (secondary N) is 1. The molecule has 0 fully saturated rings. The fourth-order valence-electron chi connectivity index (χ4n) is 1.22. The Morgan fingerprint density at radius 2 is 2.06 bits per heavy atom. The number of rotatable bonds is 3. The molecular weight excluding hydrogens is 238 g/mol. The smallest absolute Gasteiger partial charge is 0.408 e. The van der Waals surface area contributed by atoms with E-state index in [0.29, 0.717) is 5.69 Å². The largest absolute Gasteiger partial charge is 0.444 e. The zero-order valence-electron chi connectivity index (χ0n) is 10.9. The zero-order chi connectivity index (χ0) is 13.9. The number of carbonyl (C=O) groups excluding carboxylic acids is 2. The molecule has 0 aliphatic rings. The predicted molar refractivity (Wildman–Crippen MR) is 62.8 cm³/mol. The van der Waals surface area contributed by atoms with E-state index >= 15 is 0 Å². The van der Waals surface area contributed by atoms with Crippen LogP contribution in [0.2, 0.25) is 0 Å². The van der Waals surface area contributed by atoms with Gasteiger partial charge in [0.2, 0.25) is 11.7 Å². The van der Waals surface area contributed by atoms with E-state index < -0.39 is 17.6 Å². The molecule has 7 nitrogen and oxygen atoms in total. The van der Waals surface area contributed by atoms with Crippen LogP contribution in [0.25, 0.3) is 0 Å². The highest BCUT2D eigenvalue weighted by molar-refractivity contribution is 5.90. The molecule has 2 amide bonds. The first-order valence-corrected chi connectivity index (χ1v) is 5.42. The Balaban J connectivity index is 2.57. The third kappa shape index (κ3) is 4.08. The van der Waals surface area contributed by atoms with Crippen LogP contribution in [0.3, 0.4) is 0 Å². The van der Waals surface area contributed by atoms with Crippen molar-refractivity contribution in [1.29, 1.82) is 0 Å². The topological polar surface area (TPSA) is 107 Å². The van der Waals surface area contributed by atoms with Crippen molar-refractivity contribution in [2.75, 3.05) is 0 Å². The second-order valence-electron chi connectivity index (χ2n) is 4.74. The van der Waals surface area contributed by atoms with Crippen molar-refractivity contribution in [1.82, 2.24) is 10.3 Å². The van der Waals surface area contributed by atoms with E-state index in [1.807, 2.05) is 0 Å². The molecule has 3 N–H and O–H groups in total. The summed E-state index contributed by atoms with van der Waals surface area (Å²) in [5.74, 6) is -0.494. The van der Waals surface area contributed by atoms with Crippen molar-refractivity contribution in [2.24, 2.45) is 5.73 Å². The zero-order valence-corrected chi connectivity index (χ0v) is 10.9. The number of primary amides is 1. The van der Waals surface area contributed by atoms with Crippen LogP contribution < -0.4 is 11.1 Å². The molecule has 0 saturated heterocycles. The molecule has 0 aliphatic heterocycles. The standard InChI is InChI=1S/C11H17N3O4/c1-6-8(9(12)15)17-7(14-6)5-13-10(16)18-11(2,3)4/h5H2,1-4H3,(H2,12,15)(H,13,16). The Morgan fingerprint density at radius 3 is 2.50 bits per heavy atom. The molecule has 1 aromatic heterocycles. The summed E-state index contributed by atoms with van der Waals surface area (Å²) in [6.45, 7) is 6.90. The molecule has 0 aromatic carbocycles. The normalized spacial score (nSPS) is 11.1. The lowest BCUT2D eigenvalue weighted by atomic mass is 10.2. The molecule has 100 valence electrons. The van der Waals surface area contributed by atoms with E-state index in [-0.39, 0.29) is 18.2 Å². The van der Waals surface area contributed by atoms with Crippen LogP contribution in [0, 0.1) is 6.92 Å². The Labute approximate surface area is 105 Å². The summed E-state index contributed by atoms with van der Waals surface area (Å²) in [5, 5.41) is 2.47. The van der Waals surface area contributed by atoms with Crippen molar-refractivity contribution < 1.29 is 18.7 Å². The van der Waals surface area contributed by atoms with Crippen LogP contribution in [0.15, 0.2) is 4.42 Å². The lowest BCUT2D eigenvalue weighted by Crippen LogP contribution is -2.32. The van der Waals surface area contributed by atoms with Gasteiger partial charge in [0.15, 0.2) is 0 Å². The number of hydrogen-bond acceptors (Lipinski definition) is 5. The molecule has 0 radical (unpaired) electrons. The van der Waals surface area contributed by atoms with Crippen molar-refractivity contribution in [3.63, 3.8) is 0 Å². The summed E-state index contributed by atoms with van der Waals surface area (Å²) in [7, 11) is 0. The van der Waals surface area contributed by atoms with Crippen LogP contribution in [-0.4, -0.2) is 22.6 Å². The highest BCUT2D eigenvalue weighted by Gasteiger charge is 2.18. The van der Waals surface area contributed by atoms with Gasteiger partial charge in [-0.25, -0.2) is 9.78 Å². The molecule has 0 aliphatic carbocycles. The molecule has 0 unspecified atom stereocenters. The minimum Gasteiger partial charge on any atom is -0.444 e. The van der Waals surface area contributed by atoms with E-state index in [1.165, 1.54) is 0 Å². The summed E-state index contributed by atoms with van der Waals surface area (Å²) >= 11 is 0. The van der Waals surface area contributed by atoms with E-state index in [1.54, 1.807) is 27.7 Å². The third-order valence-electron chi connectivity index (χ3n) is 1.85. The van der Waals surface area contributed by atoms with Crippen LogP contribution >= 0.6 is 0 Å². The first-order valence-electron chi connectivity index (χ1n) is 5.42. The third-order valence-corrected chi connectivity index (χ3v) is 1.85. The highest BCUT2D eigenvalue weighted by Crippen LogP contribution is 2.10. The maximum atomic E-state index is 11.4. The molecular formula is C11H17N3O4. The number of alkyl carbamates (subject to hydrolysis) is 1. The Hall–Kier alpha value is -2.05. The average Bonchev–Trinajstić information content (AvgIpc) is 2.54. The van der Waals surface area contributed by atoms with Crippen molar-refractivity contribution in [3.8, 4) is 0 Å². The Kier molecular flexibility index (Phi) is 3.95. The minimum absolute atomic E-state index is 0.00371. The van der Waals surface area contributed by atoms with Crippen molar-refractivity contribution in [3.05, 3.63) is 17.3 Å². The van der Waals surface area contributed by atoms with E-state index in [0.717, 1.165) is 0 Å². The van der Waals surface area contributed by atoms with Crippen LogP contribution in [0.5, 0.6) is 0 Å². The number of hydrogen-bond donors (Lipinski definition) is 2. The number of amides is 2. The highest BCUT2D eigenvalue weighted by atomic mass is 16.6. The van der Waals surface area contributed by atoms with Gasteiger partial charge in [-0.15, -0.1) is 0 Å². The number of ether oxygens (including phenoxy) is 1. The van der Waals surface area contributed by atoms with Gasteiger partial charge in [-0.3, -0.25) is 4.79 Å². The number of aromatic nitrogens is 1. The van der Waals surface area contributed by atoms with Gasteiger partial charge < -0.3 is 20.2 Å². The van der Waals surface area contributed by atoms with E-state index in [2.05, 4.69) is 10.3 Å². The first kappa shape index (κ1) is 14.0. The summed E-state index contributed by atoms with van der Waals surface area (Å²) in [6, 6.07) is 0. The van der Waals surface area contributed by atoms with Gasteiger partial charge in [-0.05, 0) is 27.7 Å². The Bertz CT molecular complexity index is 459. The van der Waals surface area contributed by atoms with Gasteiger partial charge in [0, 0.05) is 0 Å². The number of oxazole rings is 1. The quantitative estimate of drug-likeness (QED) is 0.841. The fraction of sp³-hybridized carbons (Fsp3) is 0.545. The lowest BCUT2D eigenvalue weighted by Gasteiger charge is -2.19. The van der Waals surface area contributed by atoms with Crippen LogP contribution in [0.1, 0.15) is 42.9 Å². The van der Waals surface area contributed by atoms with Gasteiger partial charge in [-0.1, -0.05) is 0 Å². The second-order valence-corrected chi connectivity index (χ2v) is 4.74. The van der Waals surface area contributed by atoms with Gasteiger partial charge in [0.05, 0.1) is 12.2 Å². The van der Waals surface area contributed by atoms with E-state index in [9.17, 15) is 9.59 Å². The van der Waals surface area contributed by atoms with Gasteiger partial charge >= 0.3 is 6.09 Å². The first-order chi connectivity index (χ1) is 8.19. The molecule has 0 saturated carbocycles.